The molecule has 1 saturated heterocycles. The Kier molecular flexibility index (Phi) is 3.69. The van der Waals surface area contributed by atoms with Gasteiger partial charge in [-0.3, -0.25) is 9.69 Å². The van der Waals surface area contributed by atoms with Crippen LogP contribution in [0.25, 0.3) is 6.08 Å². The van der Waals surface area contributed by atoms with E-state index >= 15 is 0 Å². The molecule has 1 aliphatic rings. The molecule has 1 N–H and O–H groups in total. The van der Waals surface area contributed by atoms with E-state index < -0.39 is 0 Å². The van der Waals surface area contributed by atoms with Gasteiger partial charge in [0, 0.05) is 11.1 Å². The fourth-order valence-electron chi connectivity index (χ4n) is 1.80. The van der Waals surface area contributed by atoms with E-state index in [2.05, 4.69) is 0 Å². The molecule has 19 heavy (non-hydrogen) atoms. The molecular formula is C14H15NO2S2. The van der Waals surface area contributed by atoms with Gasteiger partial charge in [-0.15, -0.1) is 0 Å². The van der Waals surface area contributed by atoms with E-state index in [0.29, 0.717) is 14.8 Å². The average molecular weight is 293 g/mol. The van der Waals surface area contributed by atoms with Crippen LogP contribution in [-0.4, -0.2) is 25.8 Å². The number of phenolic OH excluding ortho intramolecular Hbond substituents is 1. The number of hydrogen-bond acceptors (Lipinski definition) is 4. The lowest BCUT2D eigenvalue weighted by molar-refractivity contribution is -0.125. The SMILES string of the molecule is CC(C)(C)N1C(=O)/C(=C/c2ccccc2O)SC1=S. The molecule has 0 radical (unpaired) electrons. The zero-order chi connectivity index (χ0) is 14.2. The standard InChI is InChI=1S/C14H15NO2S2/c1-14(2,3)15-12(17)11(19-13(15)18)8-9-6-4-5-7-10(9)16/h4-8,16H,1-3H3/b11-8-. The number of benzene rings is 1. The molecule has 0 spiro atoms. The number of amides is 1. The van der Waals surface area contributed by atoms with Crippen molar-refractivity contribution >= 4 is 40.3 Å². The van der Waals surface area contributed by atoms with Crippen molar-refractivity contribution in [1.82, 2.24) is 4.90 Å². The Balaban J connectivity index is 2.37. The maximum Gasteiger partial charge on any atom is 0.266 e. The first-order valence-electron chi connectivity index (χ1n) is 5.87. The largest absolute Gasteiger partial charge is 0.507 e. The Bertz CT molecular complexity index is 573. The third-order valence-corrected chi connectivity index (χ3v) is 3.99. The van der Waals surface area contributed by atoms with Crippen LogP contribution in [0.1, 0.15) is 26.3 Å². The monoisotopic (exact) mass is 293 g/mol. The minimum absolute atomic E-state index is 0.106. The number of hydrogen-bond donors (Lipinski definition) is 1. The van der Waals surface area contributed by atoms with E-state index in [0.717, 1.165) is 0 Å². The van der Waals surface area contributed by atoms with Crippen molar-refractivity contribution in [3.63, 3.8) is 0 Å². The van der Waals surface area contributed by atoms with Crippen LogP contribution in [-0.2, 0) is 4.79 Å². The lowest BCUT2D eigenvalue weighted by atomic mass is 10.1. The lowest BCUT2D eigenvalue weighted by Gasteiger charge is -2.30. The summed E-state index contributed by atoms with van der Waals surface area (Å²) < 4.78 is 0.555. The van der Waals surface area contributed by atoms with Crippen molar-refractivity contribution in [1.29, 1.82) is 0 Å². The first-order valence-corrected chi connectivity index (χ1v) is 7.09. The molecule has 0 bridgehead atoms. The van der Waals surface area contributed by atoms with E-state index in [1.165, 1.54) is 11.8 Å². The molecule has 100 valence electrons. The number of thiocarbonyl (C=S) groups is 1. The molecule has 2 rings (SSSR count). The Labute approximate surface area is 122 Å². The van der Waals surface area contributed by atoms with Crippen molar-refractivity contribution in [3.8, 4) is 5.75 Å². The summed E-state index contributed by atoms with van der Waals surface area (Å²) in [6.07, 6.45) is 1.68. The van der Waals surface area contributed by atoms with E-state index in [9.17, 15) is 9.90 Å². The summed E-state index contributed by atoms with van der Waals surface area (Å²) in [6.45, 7) is 5.84. The molecule has 0 aliphatic carbocycles. The summed E-state index contributed by atoms with van der Waals surface area (Å²) in [5.41, 5.74) is 0.284. The lowest BCUT2D eigenvalue weighted by Crippen LogP contribution is -2.44. The number of rotatable bonds is 1. The number of aromatic hydroxyl groups is 1. The van der Waals surface area contributed by atoms with Crippen LogP contribution in [0.2, 0.25) is 0 Å². The molecule has 3 nitrogen and oxygen atoms in total. The second-order valence-corrected chi connectivity index (χ2v) is 6.92. The van der Waals surface area contributed by atoms with Gasteiger partial charge in [-0.1, -0.05) is 42.2 Å². The molecule has 1 amide bonds. The van der Waals surface area contributed by atoms with Crippen LogP contribution >= 0.6 is 24.0 Å². The number of carbonyl (C=O) groups is 1. The van der Waals surface area contributed by atoms with Gasteiger partial charge in [0.1, 0.15) is 10.1 Å². The highest BCUT2D eigenvalue weighted by Gasteiger charge is 2.39. The normalized spacial score (nSPS) is 18.5. The molecule has 1 aromatic rings. The van der Waals surface area contributed by atoms with Crippen LogP contribution in [0.3, 0.4) is 0 Å². The zero-order valence-corrected chi connectivity index (χ0v) is 12.6. The minimum atomic E-state index is -0.338. The summed E-state index contributed by atoms with van der Waals surface area (Å²) in [7, 11) is 0. The summed E-state index contributed by atoms with van der Waals surface area (Å²) in [4.78, 5) is 14.5. The van der Waals surface area contributed by atoms with E-state index in [1.54, 1.807) is 29.2 Å². The van der Waals surface area contributed by atoms with Crippen molar-refractivity contribution < 1.29 is 9.90 Å². The molecule has 1 aromatic carbocycles. The summed E-state index contributed by atoms with van der Waals surface area (Å²) in [5, 5.41) is 9.74. The summed E-state index contributed by atoms with van der Waals surface area (Å²) in [5.74, 6) is 0.0503. The van der Waals surface area contributed by atoms with Crippen LogP contribution in [0.15, 0.2) is 29.2 Å². The second kappa shape index (κ2) is 4.98. The van der Waals surface area contributed by atoms with Crippen molar-refractivity contribution in [2.75, 3.05) is 0 Å². The molecule has 1 fully saturated rings. The average Bonchev–Trinajstić information content (AvgIpc) is 2.56. The van der Waals surface area contributed by atoms with Gasteiger partial charge in [0.2, 0.25) is 0 Å². The predicted octanol–water partition coefficient (Wildman–Crippen LogP) is 3.39. The van der Waals surface area contributed by atoms with Gasteiger partial charge in [0.25, 0.3) is 5.91 Å². The predicted molar refractivity (Wildman–Crippen MR) is 82.9 cm³/mol. The first-order chi connectivity index (χ1) is 8.80. The Morgan fingerprint density at radius 2 is 1.95 bits per heavy atom. The third kappa shape index (κ3) is 2.82. The Morgan fingerprint density at radius 3 is 2.47 bits per heavy atom. The Morgan fingerprint density at radius 1 is 1.32 bits per heavy atom. The number of carbonyl (C=O) groups excluding carboxylic acids is 1. The molecule has 1 heterocycles. The van der Waals surface area contributed by atoms with E-state index in [-0.39, 0.29) is 17.2 Å². The van der Waals surface area contributed by atoms with E-state index in [1.807, 2.05) is 26.8 Å². The van der Waals surface area contributed by atoms with Crippen LogP contribution in [0, 0.1) is 0 Å². The van der Waals surface area contributed by atoms with Gasteiger partial charge in [-0.2, -0.15) is 0 Å². The number of phenols is 1. The fourth-order valence-corrected chi connectivity index (χ4v) is 3.42. The molecule has 0 saturated carbocycles. The molecular weight excluding hydrogens is 278 g/mol. The van der Waals surface area contributed by atoms with E-state index in [4.69, 9.17) is 12.2 Å². The molecule has 0 aromatic heterocycles. The van der Waals surface area contributed by atoms with Gasteiger partial charge in [0.05, 0.1) is 4.91 Å². The minimum Gasteiger partial charge on any atom is -0.507 e. The van der Waals surface area contributed by atoms with Crippen LogP contribution in [0.5, 0.6) is 5.75 Å². The highest BCUT2D eigenvalue weighted by atomic mass is 32.2. The highest BCUT2D eigenvalue weighted by Crippen LogP contribution is 2.37. The van der Waals surface area contributed by atoms with Gasteiger partial charge in [-0.25, -0.2) is 0 Å². The topological polar surface area (TPSA) is 40.5 Å². The summed E-state index contributed by atoms with van der Waals surface area (Å²) in [6, 6.07) is 6.92. The Hall–Kier alpha value is -1.33. The zero-order valence-electron chi connectivity index (χ0n) is 11.0. The van der Waals surface area contributed by atoms with Gasteiger partial charge >= 0.3 is 0 Å². The van der Waals surface area contributed by atoms with Gasteiger partial charge in [0.15, 0.2) is 0 Å². The van der Waals surface area contributed by atoms with Gasteiger partial charge < -0.3 is 5.11 Å². The third-order valence-electron chi connectivity index (χ3n) is 2.69. The quantitative estimate of drug-likeness (QED) is 0.636. The molecule has 0 atom stereocenters. The molecule has 5 heteroatoms. The second-order valence-electron chi connectivity index (χ2n) is 5.25. The van der Waals surface area contributed by atoms with Crippen LogP contribution < -0.4 is 0 Å². The molecule has 1 aliphatic heterocycles. The van der Waals surface area contributed by atoms with Crippen molar-refractivity contribution in [3.05, 3.63) is 34.7 Å². The highest BCUT2D eigenvalue weighted by molar-refractivity contribution is 8.26. The van der Waals surface area contributed by atoms with Crippen LogP contribution in [0.4, 0.5) is 0 Å². The van der Waals surface area contributed by atoms with Crippen molar-refractivity contribution in [2.45, 2.75) is 26.3 Å². The maximum atomic E-state index is 12.3. The molecule has 0 unspecified atom stereocenters. The van der Waals surface area contributed by atoms with Crippen molar-refractivity contribution in [2.24, 2.45) is 0 Å². The fraction of sp³-hybridized carbons (Fsp3) is 0.286. The number of thioether (sulfide) groups is 1. The number of nitrogens with zero attached hydrogens (tertiary/aromatic N) is 1. The maximum absolute atomic E-state index is 12.3. The first kappa shape index (κ1) is 14.1. The number of para-hydroxylation sites is 1. The summed E-state index contributed by atoms with van der Waals surface area (Å²) >= 11 is 6.53. The smallest absolute Gasteiger partial charge is 0.266 e. The van der Waals surface area contributed by atoms with Gasteiger partial charge in [-0.05, 0) is 32.9 Å².